The monoisotopic (exact) mass is 304 g/mol. The molecule has 6 heteroatoms. The lowest BCUT2D eigenvalue weighted by molar-refractivity contribution is -0.137. The van der Waals surface area contributed by atoms with Gasteiger partial charge in [0, 0.05) is 4.48 Å². The number of hydrogen-bond acceptors (Lipinski definition) is 2. The Morgan fingerprint density at radius 3 is 2.59 bits per heavy atom. The molecule has 1 rings (SSSR count). The zero-order valence-corrected chi connectivity index (χ0v) is 10.2. The molecule has 0 saturated heterocycles. The van der Waals surface area contributed by atoms with Crippen molar-refractivity contribution in [2.45, 2.75) is 6.18 Å². The Bertz CT molecular complexity index is 463. The summed E-state index contributed by atoms with van der Waals surface area (Å²) >= 11 is 3.06. The SMILES string of the molecule is C=C(Br)CN(C#N)c1cccc(C(F)(F)F)c1. The molecule has 90 valence electrons. The minimum Gasteiger partial charge on any atom is -0.275 e. The van der Waals surface area contributed by atoms with Gasteiger partial charge in [0.2, 0.25) is 0 Å². The standard InChI is InChI=1S/C11H8BrF3N2/c1-8(12)6-17(7-16)10-4-2-3-9(5-10)11(13,14)15/h2-5H,1,6H2. The smallest absolute Gasteiger partial charge is 0.275 e. The predicted octanol–water partition coefficient (Wildman–Crippen LogP) is 3.90. The van der Waals surface area contributed by atoms with Crippen LogP contribution in [0.2, 0.25) is 0 Å². The van der Waals surface area contributed by atoms with Crippen molar-refractivity contribution in [3.8, 4) is 6.19 Å². The molecule has 0 aliphatic heterocycles. The molecule has 0 bridgehead atoms. The molecule has 1 aromatic carbocycles. The summed E-state index contributed by atoms with van der Waals surface area (Å²) in [6.45, 7) is 3.66. The van der Waals surface area contributed by atoms with E-state index in [1.165, 1.54) is 12.1 Å². The van der Waals surface area contributed by atoms with Gasteiger partial charge >= 0.3 is 6.18 Å². The molecule has 0 amide bonds. The molecule has 17 heavy (non-hydrogen) atoms. The molecule has 0 atom stereocenters. The van der Waals surface area contributed by atoms with E-state index in [4.69, 9.17) is 5.26 Å². The van der Waals surface area contributed by atoms with Crippen molar-refractivity contribution in [2.24, 2.45) is 0 Å². The van der Waals surface area contributed by atoms with Crippen LogP contribution in [-0.4, -0.2) is 6.54 Å². The molecular weight excluding hydrogens is 297 g/mol. The van der Waals surface area contributed by atoms with E-state index in [1.807, 2.05) is 0 Å². The zero-order valence-electron chi connectivity index (χ0n) is 8.63. The van der Waals surface area contributed by atoms with Gasteiger partial charge in [0.05, 0.1) is 17.8 Å². The first-order valence-corrected chi connectivity index (χ1v) is 5.31. The third kappa shape index (κ3) is 3.79. The van der Waals surface area contributed by atoms with E-state index in [1.54, 1.807) is 6.19 Å². The Hall–Kier alpha value is -1.48. The molecule has 1 aromatic rings. The highest BCUT2D eigenvalue weighted by atomic mass is 79.9. The lowest BCUT2D eigenvalue weighted by Gasteiger charge is -2.16. The zero-order chi connectivity index (χ0) is 13.1. The van der Waals surface area contributed by atoms with Gasteiger partial charge in [-0.25, -0.2) is 0 Å². The van der Waals surface area contributed by atoms with E-state index >= 15 is 0 Å². The summed E-state index contributed by atoms with van der Waals surface area (Å²) in [6.07, 6.45) is -2.61. The highest BCUT2D eigenvalue weighted by molar-refractivity contribution is 9.11. The average Bonchev–Trinajstić information content (AvgIpc) is 2.24. The molecule has 0 aliphatic carbocycles. The fraction of sp³-hybridized carbons (Fsp3) is 0.182. The second kappa shape index (κ2) is 5.23. The van der Waals surface area contributed by atoms with Crippen LogP contribution in [0.1, 0.15) is 5.56 Å². The van der Waals surface area contributed by atoms with E-state index in [9.17, 15) is 13.2 Å². The van der Waals surface area contributed by atoms with Crippen LogP contribution in [0.15, 0.2) is 35.3 Å². The van der Waals surface area contributed by atoms with E-state index < -0.39 is 11.7 Å². The van der Waals surface area contributed by atoms with Crippen molar-refractivity contribution in [2.75, 3.05) is 11.4 Å². The third-order valence-corrected chi connectivity index (χ3v) is 2.19. The molecule has 0 unspecified atom stereocenters. The molecule has 2 nitrogen and oxygen atoms in total. The molecule has 0 N–H and O–H groups in total. The second-order valence-electron chi connectivity index (χ2n) is 3.25. The largest absolute Gasteiger partial charge is 0.416 e. The number of halogens is 4. The van der Waals surface area contributed by atoms with Crippen LogP contribution in [0.5, 0.6) is 0 Å². The van der Waals surface area contributed by atoms with Gasteiger partial charge in [0.15, 0.2) is 6.19 Å². The first-order chi connectivity index (χ1) is 7.84. The van der Waals surface area contributed by atoms with E-state index in [0.29, 0.717) is 4.48 Å². The van der Waals surface area contributed by atoms with E-state index in [0.717, 1.165) is 17.0 Å². The first-order valence-electron chi connectivity index (χ1n) is 4.52. The quantitative estimate of drug-likeness (QED) is 0.625. The fourth-order valence-electron chi connectivity index (χ4n) is 1.21. The first kappa shape index (κ1) is 13.6. The predicted molar refractivity (Wildman–Crippen MR) is 62.5 cm³/mol. The van der Waals surface area contributed by atoms with Crippen LogP contribution >= 0.6 is 15.9 Å². The molecule has 0 aromatic heterocycles. The highest BCUT2D eigenvalue weighted by Crippen LogP contribution is 2.31. The normalized spacial score (nSPS) is 10.8. The minimum atomic E-state index is -4.41. The van der Waals surface area contributed by atoms with Crippen molar-refractivity contribution in [3.05, 3.63) is 40.9 Å². The van der Waals surface area contributed by atoms with Crippen LogP contribution in [0, 0.1) is 11.5 Å². The van der Waals surface area contributed by atoms with Gasteiger partial charge in [0.25, 0.3) is 0 Å². The van der Waals surface area contributed by atoms with Gasteiger partial charge < -0.3 is 0 Å². The number of benzene rings is 1. The maximum Gasteiger partial charge on any atom is 0.416 e. The van der Waals surface area contributed by atoms with E-state index in [-0.39, 0.29) is 12.2 Å². The molecule has 0 heterocycles. The number of nitriles is 1. The molecular formula is C11H8BrF3N2. The number of rotatable bonds is 3. The summed E-state index contributed by atoms with van der Waals surface area (Å²) in [5, 5.41) is 8.85. The van der Waals surface area contributed by atoms with Crippen molar-refractivity contribution in [1.82, 2.24) is 0 Å². The topological polar surface area (TPSA) is 27.0 Å². The summed E-state index contributed by atoms with van der Waals surface area (Å²) < 4.78 is 37.9. The van der Waals surface area contributed by atoms with E-state index in [2.05, 4.69) is 22.5 Å². The Morgan fingerprint density at radius 2 is 2.12 bits per heavy atom. The van der Waals surface area contributed by atoms with Crippen molar-refractivity contribution < 1.29 is 13.2 Å². The lowest BCUT2D eigenvalue weighted by Crippen LogP contribution is -2.18. The van der Waals surface area contributed by atoms with Crippen LogP contribution in [-0.2, 0) is 6.18 Å². The molecule has 0 aliphatic rings. The highest BCUT2D eigenvalue weighted by Gasteiger charge is 2.30. The average molecular weight is 305 g/mol. The van der Waals surface area contributed by atoms with Crippen LogP contribution in [0.4, 0.5) is 18.9 Å². The van der Waals surface area contributed by atoms with Gasteiger partial charge in [-0.3, -0.25) is 4.90 Å². The molecule has 0 saturated carbocycles. The summed E-state index contributed by atoms with van der Waals surface area (Å²) in [4.78, 5) is 1.12. The maximum absolute atomic E-state index is 12.5. The lowest BCUT2D eigenvalue weighted by atomic mass is 10.2. The van der Waals surface area contributed by atoms with Gasteiger partial charge in [-0.15, -0.1) is 0 Å². The minimum absolute atomic E-state index is 0.123. The van der Waals surface area contributed by atoms with Crippen LogP contribution in [0.25, 0.3) is 0 Å². The van der Waals surface area contributed by atoms with Crippen molar-refractivity contribution in [1.29, 1.82) is 5.26 Å². The Balaban J connectivity index is 3.06. The van der Waals surface area contributed by atoms with Gasteiger partial charge in [0.1, 0.15) is 0 Å². The van der Waals surface area contributed by atoms with Gasteiger partial charge in [-0.1, -0.05) is 28.6 Å². The van der Waals surface area contributed by atoms with Gasteiger partial charge in [-0.05, 0) is 18.2 Å². The van der Waals surface area contributed by atoms with Crippen LogP contribution in [0.3, 0.4) is 0 Å². The summed E-state index contributed by atoms with van der Waals surface area (Å²) in [5.74, 6) is 0. The van der Waals surface area contributed by atoms with Crippen molar-refractivity contribution >= 4 is 21.6 Å². The Kier molecular flexibility index (Phi) is 4.18. The number of hydrogen-bond donors (Lipinski definition) is 0. The second-order valence-corrected chi connectivity index (χ2v) is 4.37. The van der Waals surface area contributed by atoms with Gasteiger partial charge in [-0.2, -0.15) is 18.4 Å². The summed E-state index contributed by atoms with van der Waals surface area (Å²) in [5.41, 5.74) is -0.599. The molecule has 0 radical (unpaired) electrons. The maximum atomic E-state index is 12.5. The number of alkyl halides is 3. The number of anilines is 1. The summed E-state index contributed by atoms with van der Waals surface area (Å²) in [7, 11) is 0. The Morgan fingerprint density at radius 1 is 1.47 bits per heavy atom. The van der Waals surface area contributed by atoms with Crippen LogP contribution < -0.4 is 4.90 Å². The number of nitrogens with zero attached hydrogens (tertiary/aromatic N) is 2. The third-order valence-electron chi connectivity index (χ3n) is 1.94. The Labute approximate surface area is 105 Å². The summed E-state index contributed by atoms with van der Waals surface area (Å²) in [6, 6.07) is 4.59. The van der Waals surface area contributed by atoms with Crippen molar-refractivity contribution in [3.63, 3.8) is 0 Å². The molecule has 0 fully saturated rings. The fourth-order valence-corrected chi connectivity index (χ4v) is 1.46. The molecule has 0 spiro atoms.